The van der Waals surface area contributed by atoms with Gasteiger partial charge >= 0.3 is 0 Å². The Balaban J connectivity index is 1.67. The maximum atomic E-state index is 12.9. The van der Waals surface area contributed by atoms with Crippen LogP contribution in [-0.2, 0) is 20.7 Å². The highest BCUT2D eigenvalue weighted by atomic mass is 19.1. The summed E-state index contributed by atoms with van der Waals surface area (Å²) < 4.78 is 24.5. The Hall–Kier alpha value is -1.46. The predicted molar refractivity (Wildman–Crippen MR) is 80.0 cm³/mol. The van der Waals surface area contributed by atoms with Gasteiger partial charge in [0.15, 0.2) is 0 Å². The summed E-state index contributed by atoms with van der Waals surface area (Å²) in [5.41, 5.74) is 0.493. The maximum absolute atomic E-state index is 12.9. The van der Waals surface area contributed by atoms with Crippen LogP contribution >= 0.6 is 0 Å². The molecule has 1 amide bonds. The third-order valence-corrected chi connectivity index (χ3v) is 4.75. The lowest BCUT2D eigenvalue weighted by Gasteiger charge is -2.44. The summed E-state index contributed by atoms with van der Waals surface area (Å²) >= 11 is 0. The van der Waals surface area contributed by atoms with Crippen LogP contribution < -0.4 is 0 Å². The van der Waals surface area contributed by atoms with E-state index in [1.165, 1.54) is 12.1 Å². The van der Waals surface area contributed by atoms with Crippen LogP contribution in [-0.4, -0.2) is 49.3 Å². The summed E-state index contributed by atoms with van der Waals surface area (Å²) in [5, 5.41) is 0. The summed E-state index contributed by atoms with van der Waals surface area (Å²) in [6.07, 6.45) is 3.11. The van der Waals surface area contributed by atoms with Gasteiger partial charge in [0.2, 0.25) is 5.91 Å². The van der Waals surface area contributed by atoms with E-state index in [0.29, 0.717) is 19.5 Å². The van der Waals surface area contributed by atoms with E-state index in [0.717, 1.165) is 31.4 Å². The van der Waals surface area contributed by atoms with Gasteiger partial charge in [-0.1, -0.05) is 12.1 Å². The molecule has 2 heterocycles. The molecule has 0 saturated carbocycles. The average molecular weight is 307 g/mol. The normalized spacial score (nSPS) is 28.3. The average Bonchev–Trinajstić information content (AvgIpc) is 2.98. The number of hydrogen-bond donors (Lipinski definition) is 0. The van der Waals surface area contributed by atoms with Gasteiger partial charge in [-0.25, -0.2) is 4.39 Å². The van der Waals surface area contributed by atoms with Crippen molar-refractivity contribution in [1.29, 1.82) is 0 Å². The Kier molecular flexibility index (Phi) is 4.45. The van der Waals surface area contributed by atoms with Crippen molar-refractivity contribution in [3.63, 3.8) is 0 Å². The van der Waals surface area contributed by atoms with E-state index in [2.05, 4.69) is 0 Å². The fraction of sp³-hybridized carbons (Fsp3) is 0.588. The smallest absolute Gasteiger partial charge is 0.227 e. The number of halogens is 1. The monoisotopic (exact) mass is 307 g/mol. The van der Waals surface area contributed by atoms with Crippen molar-refractivity contribution in [2.45, 2.75) is 37.4 Å². The summed E-state index contributed by atoms with van der Waals surface area (Å²) in [6, 6.07) is 6.11. The fourth-order valence-corrected chi connectivity index (χ4v) is 3.57. The largest absolute Gasteiger partial charge is 0.378 e. The first-order chi connectivity index (χ1) is 10.6. The number of piperidine rings is 1. The van der Waals surface area contributed by atoms with Gasteiger partial charge in [-0.15, -0.1) is 0 Å². The first-order valence-corrected chi connectivity index (χ1v) is 7.82. The van der Waals surface area contributed by atoms with Crippen molar-refractivity contribution < 1.29 is 18.7 Å². The molecule has 0 aromatic heterocycles. The second-order valence-corrected chi connectivity index (χ2v) is 6.15. The quantitative estimate of drug-likeness (QED) is 0.859. The number of rotatable bonds is 3. The number of likely N-dealkylation sites (tertiary alicyclic amines) is 1. The summed E-state index contributed by atoms with van der Waals surface area (Å²) in [7, 11) is 1.71. The minimum atomic E-state index is -0.342. The van der Waals surface area contributed by atoms with E-state index in [-0.39, 0.29) is 23.4 Å². The maximum Gasteiger partial charge on any atom is 0.227 e. The Morgan fingerprint density at radius 3 is 2.86 bits per heavy atom. The molecule has 0 radical (unpaired) electrons. The van der Waals surface area contributed by atoms with Crippen LogP contribution in [0.15, 0.2) is 24.3 Å². The SMILES string of the molecule is CO[C@H]1CCN(C(=O)Cc2ccc(F)cc2)C[C@@]12CCCO2. The molecule has 2 saturated heterocycles. The van der Waals surface area contributed by atoms with Crippen LogP contribution in [0, 0.1) is 5.82 Å². The van der Waals surface area contributed by atoms with Crippen molar-refractivity contribution in [2.75, 3.05) is 26.8 Å². The van der Waals surface area contributed by atoms with Crippen LogP contribution in [0.5, 0.6) is 0 Å². The van der Waals surface area contributed by atoms with Crippen molar-refractivity contribution in [3.05, 3.63) is 35.6 Å². The Morgan fingerprint density at radius 2 is 2.23 bits per heavy atom. The second kappa shape index (κ2) is 6.34. The fourth-order valence-electron chi connectivity index (χ4n) is 3.57. The zero-order valence-corrected chi connectivity index (χ0v) is 12.9. The summed E-state index contributed by atoms with van der Waals surface area (Å²) in [6.45, 7) is 2.01. The van der Waals surface area contributed by atoms with Crippen molar-refractivity contribution in [3.8, 4) is 0 Å². The summed E-state index contributed by atoms with van der Waals surface area (Å²) in [4.78, 5) is 14.4. The van der Waals surface area contributed by atoms with Gasteiger partial charge in [0, 0.05) is 20.3 Å². The van der Waals surface area contributed by atoms with Crippen molar-refractivity contribution in [2.24, 2.45) is 0 Å². The Morgan fingerprint density at radius 1 is 1.45 bits per heavy atom. The zero-order valence-electron chi connectivity index (χ0n) is 12.9. The molecule has 120 valence electrons. The molecule has 2 aliphatic rings. The highest BCUT2D eigenvalue weighted by Crippen LogP contribution is 2.36. The molecule has 1 aromatic rings. The van der Waals surface area contributed by atoms with Gasteiger partial charge < -0.3 is 14.4 Å². The van der Waals surface area contributed by atoms with E-state index in [1.54, 1.807) is 19.2 Å². The molecule has 0 N–H and O–H groups in total. The van der Waals surface area contributed by atoms with Gasteiger partial charge in [-0.3, -0.25) is 4.79 Å². The molecule has 2 atom stereocenters. The minimum Gasteiger partial charge on any atom is -0.378 e. The molecule has 0 bridgehead atoms. The molecular formula is C17H22FNO3. The number of ether oxygens (including phenoxy) is 2. The van der Waals surface area contributed by atoms with E-state index < -0.39 is 0 Å². The second-order valence-electron chi connectivity index (χ2n) is 6.15. The van der Waals surface area contributed by atoms with Gasteiger partial charge in [-0.2, -0.15) is 0 Å². The number of nitrogens with zero attached hydrogens (tertiary/aromatic N) is 1. The molecule has 3 rings (SSSR count). The van der Waals surface area contributed by atoms with Gasteiger partial charge in [0.25, 0.3) is 0 Å². The van der Waals surface area contributed by atoms with Crippen LogP contribution in [0.3, 0.4) is 0 Å². The summed E-state index contributed by atoms with van der Waals surface area (Å²) in [5.74, 6) is -0.216. The Labute approximate surface area is 130 Å². The number of methoxy groups -OCH3 is 1. The lowest BCUT2D eigenvalue weighted by atomic mass is 9.86. The van der Waals surface area contributed by atoms with E-state index in [9.17, 15) is 9.18 Å². The molecule has 1 spiro atoms. The molecule has 5 heteroatoms. The van der Waals surface area contributed by atoms with E-state index in [1.807, 2.05) is 4.90 Å². The molecule has 2 aliphatic heterocycles. The lowest BCUT2D eigenvalue weighted by molar-refractivity contribution is -0.160. The predicted octanol–water partition coefficient (Wildman–Crippen LogP) is 2.16. The number of benzene rings is 1. The molecular weight excluding hydrogens is 285 g/mol. The van der Waals surface area contributed by atoms with Crippen LogP contribution in [0.1, 0.15) is 24.8 Å². The Bertz CT molecular complexity index is 525. The minimum absolute atomic E-state index is 0.0601. The van der Waals surface area contributed by atoms with E-state index in [4.69, 9.17) is 9.47 Å². The lowest BCUT2D eigenvalue weighted by Crippen LogP contribution is -2.58. The third-order valence-electron chi connectivity index (χ3n) is 4.75. The highest BCUT2D eigenvalue weighted by Gasteiger charge is 2.48. The molecule has 2 fully saturated rings. The topological polar surface area (TPSA) is 38.8 Å². The van der Waals surface area contributed by atoms with Crippen molar-refractivity contribution in [1.82, 2.24) is 4.90 Å². The standard InChI is InChI=1S/C17H22FNO3/c1-21-15-7-9-19(12-17(15)8-2-10-22-17)16(20)11-13-3-5-14(18)6-4-13/h3-6,15H,2,7-12H2,1H3/t15-,17-/m0/s1. The van der Waals surface area contributed by atoms with Gasteiger partial charge in [-0.05, 0) is 37.0 Å². The number of amides is 1. The molecule has 22 heavy (non-hydrogen) atoms. The van der Waals surface area contributed by atoms with E-state index >= 15 is 0 Å². The van der Waals surface area contributed by atoms with Gasteiger partial charge in [0.05, 0.1) is 19.1 Å². The third kappa shape index (κ3) is 3.01. The van der Waals surface area contributed by atoms with Gasteiger partial charge in [0.1, 0.15) is 11.4 Å². The molecule has 1 aromatic carbocycles. The highest BCUT2D eigenvalue weighted by molar-refractivity contribution is 5.79. The van der Waals surface area contributed by atoms with Crippen LogP contribution in [0.2, 0.25) is 0 Å². The number of carbonyl (C=O) groups is 1. The zero-order chi connectivity index (χ0) is 15.6. The number of carbonyl (C=O) groups excluding carboxylic acids is 1. The molecule has 0 aliphatic carbocycles. The van der Waals surface area contributed by atoms with Crippen LogP contribution in [0.4, 0.5) is 4.39 Å². The van der Waals surface area contributed by atoms with Crippen LogP contribution in [0.25, 0.3) is 0 Å². The first kappa shape index (κ1) is 15.4. The number of hydrogen-bond acceptors (Lipinski definition) is 3. The van der Waals surface area contributed by atoms with Crippen molar-refractivity contribution >= 4 is 5.91 Å². The molecule has 4 nitrogen and oxygen atoms in total. The molecule has 0 unspecified atom stereocenters. The first-order valence-electron chi connectivity index (χ1n) is 7.82.